The summed E-state index contributed by atoms with van der Waals surface area (Å²) >= 11 is 5.02. The first-order chi connectivity index (χ1) is 10.1. The van der Waals surface area contributed by atoms with Crippen molar-refractivity contribution in [3.63, 3.8) is 0 Å². The van der Waals surface area contributed by atoms with Crippen LogP contribution >= 0.6 is 27.3 Å². The molecule has 1 atom stereocenters. The maximum absolute atomic E-state index is 12.4. The largest absolute Gasteiger partial charge is 0.300 e. The van der Waals surface area contributed by atoms with E-state index < -0.39 is 6.04 Å². The molecule has 1 aromatic carbocycles. The highest BCUT2D eigenvalue weighted by molar-refractivity contribution is 9.11. The number of para-hydroxylation sites is 1. The third kappa shape index (κ3) is 3.07. The Labute approximate surface area is 134 Å². The van der Waals surface area contributed by atoms with Crippen LogP contribution in [0.15, 0.2) is 46.3 Å². The summed E-state index contributed by atoms with van der Waals surface area (Å²) in [4.78, 5) is 26.8. The Bertz CT molecular complexity index is 671. The lowest BCUT2D eigenvalue weighted by Gasteiger charge is -2.15. The van der Waals surface area contributed by atoms with E-state index >= 15 is 0 Å². The van der Waals surface area contributed by atoms with Crippen LogP contribution in [0.1, 0.15) is 11.3 Å². The van der Waals surface area contributed by atoms with E-state index in [4.69, 9.17) is 0 Å². The lowest BCUT2D eigenvalue weighted by molar-refractivity contribution is -0.121. The number of thiophene rings is 1. The highest BCUT2D eigenvalue weighted by Crippen LogP contribution is 2.24. The number of carbonyl (C=O) groups is 2. The molecule has 0 spiro atoms. The van der Waals surface area contributed by atoms with Crippen molar-refractivity contribution in [2.45, 2.75) is 19.0 Å². The Morgan fingerprint density at radius 3 is 2.62 bits per heavy atom. The van der Waals surface area contributed by atoms with Gasteiger partial charge in [-0.1, -0.05) is 18.2 Å². The molecule has 1 fully saturated rings. The lowest BCUT2D eigenvalue weighted by atomic mass is 10.2. The van der Waals surface area contributed by atoms with E-state index in [-0.39, 0.29) is 18.2 Å². The van der Waals surface area contributed by atoms with Gasteiger partial charge in [0.1, 0.15) is 0 Å². The molecule has 2 amide bonds. The van der Waals surface area contributed by atoms with E-state index in [0.717, 1.165) is 8.66 Å². The summed E-state index contributed by atoms with van der Waals surface area (Å²) in [5.74, 6) is -0.335. The monoisotopic (exact) mass is 364 g/mol. The number of rotatable bonds is 4. The van der Waals surface area contributed by atoms with Gasteiger partial charge in [0.05, 0.1) is 21.9 Å². The van der Waals surface area contributed by atoms with E-state index in [0.29, 0.717) is 12.2 Å². The van der Waals surface area contributed by atoms with Crippen LogP contribution in [0.2, 0.25) is 0 Å². The fourth-order valence-corrected chi connectivity index (χ4v) is 3.74. The topological polar surface area (TPSA) is 49.4 Å². The van der Waals surface area contributed by atoms with Crippen LogP contribution in [0.25, 0.3) is 0 Å². The number of hydrogen-bond acceptors (Lipinski definition) is 4. The summed E-state index contributed by atoms with van der Waals surface area (Å²) in [6, 6.07) is 12.6. The van der Waals surface area contributed by atoms with Crippen molar-refractivity contribution in [3.8, 4) is 0 Å². The van der Waals surface area contributed by atoms with Gasteiger partial charge in [-0.2, -0.15) is 0 Å². The maximum Gasteiger partial charge on any atom is 0.251 e. The number of halogens is 1. The van der Waals surface area contributed by atoms with Gasteiger partial charge >= 0.3 is 0 Å². The van der Waals surface area contributed by atoms with Crippen molar-refractivity contribution in [3.05, 3.63) is 51.1 Å². The quantitative estimate of drug-likeness (QED) is 0.848. The second-order valence-corrected chi connectivity index (χ2v) is 7.29. The first kappa shape index (κ1) is 14.4. The maximum atomic E-state index is 12.4. The Balaban J connectivity index is 1.69. The third-order valence-electron chi connectivity index (χ3n) is 3.31. The number of anilines is 1. The number of hydrogen-bond donors (Lipinski definition) is 1. The van der Waals surface area contributed by atoms with Gasteiger partial charge in [0.2, 0.25) is 5.91 Å². The number of imide groups is 1. The normalized spacial score (nSPS) is 18.5. The van der Waals surface area contributed by atoms with Crippen molar-refractivity contribution in [1.29, 1.82) is 0 Å². The minimum absolute atomic E-state index is 0.156. The predicted octanol–water partition coefficient (Wildman–Crippen LogP) is 2.93. The second-order valence-electron chi connectivity index (χ2n) is 4.75. The Morgan fingerprint density at radius 2 is 1.95 bits per heavy atom. The van der Waals surface area contributed by atoms with Gasteiger partial charge in [0.25, 0.3) is 5.91 Å². The highest BCUT2D eigenvalue weighted by Gasteiger charge is 2.39. The molecule has 1 unspecified atom stereocenters. The summed E-state index contributed by atoms with van der Waals surface area (Å²) in [6.07, 6.45) is 0.209. The number of nitrogens with zero attached hydrogens (tertiary/aromatic N) is 1. The molecule has 4 nitrogen and oxygen atoms in total. The SMILES string of the molecule is O=C1CC(NCc2ccc(Br)s2)C(=O)N1c1ccccc1. The van der Waals surface area contributed by atoms with Gasteiger partial charge in [-0.05, 0) is 40.2 Å². The number of benzene rings is 1. The number of carbonyl (C=O) groups excluding carboxylic acids is 2. The highest BCUT2D eigenvalue weighted by atomic mass is 79.9. The molecule has 1 N–H and O–H groups in total. The zero-order chi connectivity index (χ0) is 14.8. The van der Waals surface area contributed by atoms with Crippen molar-refractivity contribution < 1.29 is 9.59 Å². The van der Waals surface area contributed by atoms with Crippen molar-refractivity contribution in [2.24, 2.45) is 0 Å². The lowest BCUT2D eigenvalue weighted by Crippen LogP contribution is -2.38. The molecule has 108 valence electrons. The molecule has 2 heterocycles. The Hall–Kier alpha value is -1.50. The molecule has 21 heavy (non-hydrogen) atoms. The molecular weight excluding hydrogens is 352 g/mol. The minimum Gasteiger partial charge on any atom is -0.300 e. The average Bonchev–Trinajstić information content (AvgIpc) is 3.01. The van der Waals surface area contributed by atoms with Gasteiger partial charge in [0, 0.05) is 11.4 Å². The number of nitrogens with one attached hydrogen (secondary N) is 1. The molecule has 0 bridgehead atoms. The number of amides is 2. The van der Waals surface area contributed by atoms with Gasteiger partial charge in [0.15, 0.2) is 0 Å². The van der Waals surface area contributed by atoms with Crippen LogP contribution in [0, 0.1) is 0 Å². The van der Waals surface area contributed by atoms with E-state index in [1.165, 1.54) is 4.90 Å². The van der Waals surface area contributed by atoms with E-state index in [9.17, 15) is 9.59 Å². The van der Waals surface area contributed by atoms with Gasteiger partial charge in [-0.15, -0.1) is 11.3 Å². The van der Waals surface area contributed by atoms with Crippen LogP contribution in [0.4, 0.5) is 5.69 Å². The molecule has 1 aliphatic rings. The molecule has 1 aromatic heterocycles. The third-order valence-corrected chi connectivity index (χ3v) is 4.94. The van der Waals surface area contributed by atoms with Crippen LogP contribution < -0.4 is 10.2 Å². The molecule has 6 heteroatoms. The second kappa shape index (κ2) is 6.09. The molecule has 3 rings (SSSR count). The molecule has 0 saturated carbocycles. The van der Waals surface area contributed by atoms with Crippen molar-refractivity contribution >= 4 is 44.8 Å². The van der Waals surface area contributed by atoms with Crippen LogP contribution in [-0.4, -0.2) is 17.9 Å². The van der Waals surface area contributed by atoms with Crippen LogP contribution in [0.5, 0.6) is 0 Å². The summed E-state index contributed by atoms with van der Waals surface area (Å²) in [6.45, 7) is 0.586. The standard InChI is InChI=1S/C15H13BrN2O2S/c16-13-7-6-11(21-13)9-17-12-8-14(19)18(15(12)20)10-4-2-1-3-5-10/h1-7,12,17H,8-9H2. The molecule has 0 aliphatic carbocycles. The van der Waals surface area contributed by atoms with E-state index in [2.05, 4.69) is 21.2 Å². The average molecular weight is 365 g/mol. The zero-order valence-corrected chi connectivity index (χ0v) is 13.5. The van der Waals surface area contributed by atoms with Crippen LogP contribution in [-0.2, 0) is 16.1 Å². The first-order valence-corrected chi connectivity index (χ1v) is 8.15. The van der Waals surface area contributed by atoms with Crippen LogP contribution in [0.3, 0.4) is 0 Å². The van der Waals surface area contributed by atoms with E-state index in [1.54, 1.807) is 23.5 Å². The first-order valence-electron chi connectivity index (χ1n) is 6.54. The molecule has 2 aromatic rings. The summed E-state index contributed by atoms with van der Waals surface area (Å²) in [7, 11) is 0. The Morgan fingerprint density at radius 1 is 1.19 bits per heavy atom. The molecule has 0 radical (unpaired) electrons. The van der Waals surface area contributed by atoms with Crippen molar-refractivity contribution in [1.82, 2.24) is 5.32 Å². The molecule has 1 saturated heterocycles. The van der Waals surface area contributed by atoms with Gasteiger partial charge < -0.3 is 5.32 Å². The van der Waals surface area contributed by atoms with E-state index in [1.807, 2.05) is 30.3 Å². The predicted molar refractivity (Wildman–Crippen MR) is 86.2 cm³/mol. The summed E-state index contributed by atoms with van der Waals surface area (Å²) in [5, 5.41) is 3.17. The smallest absolute Gasteiger partial charge is 0.251 e. The molecule has 1 aliphatic heterocycles. The summed E-state index contributed by atoms with van der Waals surface area (Å²) in [5.41, 5.74) is 0.635. The minimum atomic E-state index is -0.446. The Kier molecular flexibility index (Phi) is 4.19. The summed E-state index contributed by atoms with van der Waals surface area (Å²) < 4.78 is 1.05. The van der Waals surface area contributed by atoms with Gasteiger partial charge in [-0.25, -0.2) is 4.90 Å². The molecular formula is C15H13BrN2O2S. The van der Waals surface area contributed by atoms with Gasteiger partial charge in [-0.3, -0.25) is 9.59 Å². The fourth-order valence-electron chi connectivity index (χ4n) is 2.31. The zero-order valence-electron chi connectivity index (χ0n) is 11.1. The van der Waals surface area contributed by atoms with Crippen molar-refractivity contribution in [2.75, 3.05) is 4.90 Å². The fraction of sp³-hybridized carbons (Fsp3) is 0.200.